The largest absolute Gasteiger partial charge is 0.396 e. The molecule has 5 N–H and O–H groups in total. The summed E-state index contributed by atoms with van der Waals surface area (Å²) in [6.07, 6.45) is 15.9. The van der Waals surface area contributed by atoms with Gasteiger partial charge >= 0.3 is 0 Å². The van der Waals surface area contributed by atoms with E-state index in [0.717, 1.165) is 37.0 Å². The summed E-state index contributed by atoms with van der Waals surface area (Å²) in [5.74, 6) is 2.48. The first-order valence-corrected chi connectivity index (χ1v) is 15.5. The predicted octanol–water partition coefficient (Wildman–Crippen LogP) is 5.12. The number of ether oxygens (including phenoxy) is 2. The van der Waals surface area contributed by atoms with E-state index < -0.39 is 30.7 Å². The van der Waals surface area contributed by atoms with Gasteiger partial charge in [0.05, 0.1) is 63.7 Å². The van der Waals surface area contributed by atoms with E-state index >= 15 is 0 Å². The third-order valence-electron chi connectivity index (χ3n) is 8.03. The molecule has 0 aliphatic rings. The fraction of sp³-hybridized carbons (Fsp3) is 0.938. The zero-order valence-corrected chi connectivity index (χ0v) is 26.0. The Morgan fingerprint density at radius 2 is 1.08 bits per heavy atom. The van der Waals surface area contributed by atoms with Crippen molar-refractivity contribution in [2.75, 3.05) is 59.5 Å². The maximum Gasteiger partial charge on any atom is 0.0632 e. The molecule has 0 saturated carbocycles. The van der Waals surface area contributed by atoms with E-state index in [9.17, 15) is 25.5 Å². The molecule has 0 aliphatic heterocycles. The molecule has 0 fully saturated rings. The number of allylic oxidation sites excluding steroid dienone is 2. The summed E-state index contributed by atoms with van der Waals surface area (Å²) >= 11 is 0. The molecule has 0 aromatic heterocycles. The molecular weight excluding hydrogens is 496 g/mol. The molecule has 0 aromatic rings. The lowest BCUT2D eigenvalue weighted by atomic mass is 9.90. The molecule has 0 bridgehead atoms. The number of hydrogen-bond acceptors (Lipinski definition) is 7. The highest BCUT2D eigenvalue weighted by molar-refractivity contribution is 4.97. The van der Waals surface area contributed by atoms with Crippen molar-refractivity contribution < 1.29 is 35.0 Å². The second-order valence-electron chi connectivity index (χ2n) is 12.9. The Morgan fingerprint density at radius 3 is 1.59 bits per heavy atom. The van der Waals surface area contributed by atoms with E-state index in [0.29, 0.717) is 6.61 Å². The summed E-state index contributed by atoms with van der Waals surface area (Å²) in [7, 11) is 0. The Balaban J connectivity index is 4.07. The van der Waals surface area contributed by atoms with Gasteiger partial charge in [-0.1, -0.05) is 84.3 Å². The number of aliphatic hydroxyl groups excluding tert-OH is 5. The van der Waals surface area contributed by atoms with Crippen LogP contribution in [-0.4, -0.2) is 85.0 Å². The van der Waals surface area contributed by atoms with Crippen molar-refractivity contribution in [3.8, 4) is 0 Å². The third-order valence-corrected chi connectivity index (χ3v) is 8.03. The summed E-state index contributed by atoms with van der Waals surface area (Å²) in [6, 6.07) is 0. The highest BCUT2D eigenvalue weighted by Crippen LogP contribution is 2.23. The van der Waals surface area contributed by atoms with Crippen molar-refractivity contribution >= 4 is 0 Å². The van der Waals surface area contributed by atoms with Crippen LogP contribution < -0.4 is 0 Å². The van der Waals surface area contributed by atoms with Gasteiger partial charge in [0, 0.05) is 6.61 Å². The number of aliphatic hydroxyl groups is 5. The quantitative estimate of drug-likeness (QED) is 0.0699. The van der Waals surface area contributed by atoms with Crippen molar-refractivity contribution in [2.24, 2.45) is 28.6 Å². The van der Waals surface area contributed by atoms with Crippen LogP contribution >= 0.6 is 0 Å². The summed E-state index contributed by atoms with van der Waals surface area (Å²) in [5, 5.41) is 47.9. The van der Waals surface area contributed by atoms with Crippen LogP contribution in [0, 0.1) is 28.6 Å². The monoisotopic (exact) mass is 560 g/mol. The minimum absolute atomic E-state index is 0.00346. The van der Waals surface area contributed by atoms with Gasteiger partial charge < -0.3 is 35.0 Å². The summed E-state index contributed by atoms with van der Waals surface area (Å²) < 4.78 is 11.3. The fourth-order valence-corrected chi connectivity index (χ4v) is 4.68. The Kier molecular flexibility index (Phi) is 22.8. The molecule has 7 nitrogen and oxygen atoms in total. The van der Waals surface area contributed by atoms with Crippen molar-refractivity contribution in [3.63, 3.8) is 0 Å². The zero-order valence-electron chi connectivity index (χ0n) is 26.0. The maximum absolute atomic E-state index is 9.82. The first-order chi connectivity index (χ1) is 18.6. The van der Waals surface area contributed by atoms with Gasteiger partial charge in [-0.25, -0.2) is 0 Å². The van der Waals surface area contributed by atoms with Gasteiger partial charge in [0.1, 0.15) is 0 Å². The second-order valence-corrected chi connectivity index (χ2v) is 12.9. The van der Waals surface area contributed by atoms with Crippen LogP contribution in [0.4, 0.5) is 0 Å². The highest BCUT2D eigenvalue weighted by Gasteiger charge is 2.33. The molecule has 234 valence electrons. The van der Waals surface area contributed by atoms with E-state index in [2.05, 4.69) is 40.7 Å². The lowest BCUT2D eigenvalue weighted by molar-refractivity contribution is -0.111. The third kappa shape index (κ3) is 18.5. The van der Waals surface area contributed by atoms with Crippen LogP contribution in [-0.2, 0) is 9.47 Å². The fourth-order valence-electron chi connectivity index (χ4n) is 4.68. The van der Waals surface area contributed by atoms with Crippen LogP contribution in [0.5, 0.6) is 0 Å². The molecule has 7 heteroatoms. The normalized spacial score (nSPS) is 14.8. The van der Waals surface area contributed by atoms with Crippen molar-refractivity contribution in [3.05, 3.63) is 11.6 Å². The zero-order chi connectivity index (χ0) is 29.6. The van der Waals surface area contributed by atoms with Gasteiger partial charge in [0.2, 0.25) is 0 Å². The minimum Gasteiger partial charge on any atom is -0.396 e. The summed E-state index contributed by atoms with van der Waals surface area (Å²) in [4.78, 5) is 0. The lowest BCUT2D eigenvalue weighted by Crippen LogP contribution is -2.43. The van der Waals surface area contributed by atoms with E-state index in [-0.39, 0.29) is 33.0 Å². The SMILES string of the molecule is CC(=CCCCOCC(CO)(CO)COCC(CO)(CO)CO)CCCC(C)CCCC(C)CCCC(C)C. The molecular formula is C32H64O7. The Bertz CT molecular complexity index is 577. The van der Waals surface area contributed by atoms with E-state index in [1.165, 1.54) is 56.9 Å². The second kappa shape index (κ2) is 23.1. The van der Waals surface area contributed by atoms with E-state index in [1.807, 2.05) is 0 Å². The van der Waals surface area contributed by atoms with Crippen molar-refractivity contribution in [1.82, 2.24) is 0 Å². The highest BCUT2D eigenvalue weighted by atomic mass is 16.5. The average Bonchev–Trinajstić information content (AvgIpc) is 2.92. The average molecular weight is 561 g/mol. The summed E-state index contributed by atoms with van der Waals surface area (Å²) in [5.41, 5.74) is -0.694. The lowest BCUT2D eigenvalue weighted by Gasteiger charge is -2.32. The van der Waals surface area contributed by atoms with E-state index in [1.54, 1.807) is 0 Å². The van der Waals surface area contributed by atoms with Gasteiger partial charge in [0.25, 0.3) is 0 Å². The molecule has 0 saturated heterocycles. The van der Waals surface area contributed by atoms with Crippen LogP contribution in [0.3, 0.4) is 0 Å². The Hall–Kier alpha value is -0.540. The molecule has 2 atom stereocenters. The maximum atomic E-state index is 9.82. The number of hydrogen-bond donors (Lipinski definition) is 5. The van der Waals surface area contributed by atoms with E-state index in [4.69, 9.17) is 9.47 Å². The van der Waals surface area contributed by atoms with Crippen LogP contribution in [0.15, 0.2) is 11.6 Å². The summed E-state index contributed by atoms with van der Waals surface area (Å²) in [6.45, 7) is 10.3. The van der Waals surface area contributed by atoms with Gasteiger partial charge in [-0.05, 0) is 50.4 Å². The van der Waals surface area contributed by atoms with Gasteiger partial charge in [-0.15, -0.1) is 0 Å². The Morgan fingerprint density at radius 1 is 0.615 bits per heavy atom. The first-order valence-electron chi connectivity index (χ1n) is 15.5. The smallest absolute Gasteiger partial charge is 0.0632 e. The molecule has 39 heavy (non-hydrogen) atoms. The molecule has 0 rings (SSSR count). The molecule has 0 heterocycles. The van der Waals surface area contributed by atoms with Gasteiger partial charge in [-0.2, -0.15) is 0 Å². The number of unbranched alkanes of at least 4 members (excludes halogenated alkanes) is 1. The van der Waals surface area contributed by atoms with Crippen LogP contribution in [0.1, 0.15) is 105 Å². The van der Waals surface area contributed by atoms with Crippen LogP contribution in [0.25, 0.3) is 0 Å². The topological polar surface area (TPSA) is 120 Å². The Labute approximate surface area is 240 Å². The molecule has 0 spiro atoms. The standard InChI is InChI=1S/C32H64O7/c1-27(2)11-8-13-29(4)15-10-17-30(5)16-9-14-28(3)12-6-7-18-38-25-32(22-36,23-37)26-39-24-31(19-33,20-34)21-35/h12,27,29-30,33-37H,6-11,13-26H2,1-5H3. The molecule has 0 amide bonds. The van der Waals surface area contributed by atoms with Gasteiger partial charge in [-0.3, -0.25) is 0 Å². The molecule has 2 unspecified atom stereocenters. The van der Waals surface area contributed by atoms with Crippen LogP contribution in [0.2, 0.25) is 0 Å². The molecule has 0 aliphatic carbocycles. The van der Waals surface area contributed by atoms with Crippen molar-refractivity contribution in [2.45, 2.75) is 105 Å². The van der Waals surface area contributed by atoms with Gasteiger partial charge in [0.15, 0.2) is 0 Å². The van der Waals surface area contributed by atoms with Crippen molar-refractivity contribution in [1.29, 1.82) is 0 Å². The molecule has 0 aromatic carbocycles. The molecule has 0 radical (unpaired) electrons. The minimum atomic E-state index is -1.15. The predicted molar refractivity (Wildman–Crippen MR) is 160 cm³/mol. The number of rotatable bonds is 27. The first kappa shape index (κ1) is 38.5.